The quantitative estimate of drug-likeness (QED) is 0.367. The van der Waals surface area contributed by atoms with E-state index in [2.05, 4.69) is 4.98 Å². The SMILES string of the molecule is Oc1cc2ccccc2c2c(Cl)c3ccccc3nc12. The van der Waals surface area contributed by atoms with Crippen LogP contribution < -0.4 is 0 Å². The average Bonchev–Trinajstić information content (AvgIpc) is 2.48. The van der Waals surface area contributed by atoms with E-state index in [0.717, 1.165) is 27.1 Å². The summed E-state index contributed by atoms with van der Waals surface area (Å²) < 4.78 is 0. The Hall–Kier alpha value is -2.32. The summed E-state index contributed by atoms with van der Waals surface area (Å²) in [5, 5.41) is 14.5. The summed E-state index contributed by atoms with van der Waals surface area (Å²) >= 11 is 6.57. The van der Waals surface area contributed by atoms with E-state index in [1.54, 1.807) is 6.07 Å². The van der Waals surface area contributed by atoms with E-state index in [9.17, 15) is 5.11 Å². The maximum absolute atomic E-state index is 10.2. The smallest absolute Gasteiger partial charge is 0.142 e. The van der Waals surface area contributed by atoms with Gasteiger partial charge in [0.25, 0.3) is 0 Å². The van der Waals surface area contributed by atoms with Gasteiger partial charge in [-0.2, -0.15) is 0 Å². The fraction of sp³-hybridized carbons (Fsp3) is 0. The number of para-hydroxylation sites is 1. The maximum Gasteiger partial charge on any atom is 0.142 e. The molecule has 4 rings (SSSR count). The van der Waals surface area contributed by atoms with Crippen molar-refractivity contribution < 1.29 is 5.11 Å². The third-order valence-electron chi connectivity index (χ3n) is 3.59. The van der Waals surface area contributed by atoms with Crippen molar-refractivity contribution in [3.05, 3.63) is 59.6 Å². The third-order valence-corrected chi connectivity index (χ3v) is 3.99. The van der Waals surface area contributed by atoms with Gasteiger partial charge in [0.15, 0.2) is 0 Å². The maximum atomic E-state index is 10.2. The van der Waals surface area contributed by atoms with Crippen molar-refractivity contribution in [1.29, 1.82) is 0 Å². The first-order valence-corrected chi connectivity index (χ1v) is 6.72. The normalized spacial score (nSPS) is 11.4. The van der Waals surface area contributed by atoms with Crippen LogP contribution in [0.4, 0.5) is 0 Å². The number of halogens is 1. The van der Waals surface area contributed by atoms with Crippen LogP contribution in [0.2, 0.25) is 5.02 Å². The molecule has 4 aromatic rings. The van der Waals surface area contributed by atoms with Gasteiger partial charge in [-0.3, -0.25) is 0 Å². The highest BCUT2D eigenvalue weighted by Crippen LogP contribution is 2.39. The van der Waals surface area contributed by atoms with Gasteiger partial charge in [0.2, 0.25) is 0 Å². The Labute approximate surface area is 120 Å². The van der Waals surface area contributed by atoms with Crippen LogP contribution in [0.1, 0.15) is 0 Å². The molecule has 0 radical (unpaired) electrons. The lowest BCUT2D eigenvalue weighted by molar-refractivity contribution is 0.481. The molecular formula is C17H10ClNO. The number of hydrogen-bond acceptors (Lipinski definition) is 2. The first-order valence-electron chi connectivity index (χ1n) is 6.34. The van der Waals surface area contributed by atoms with Crippen molar-refractivity contribution in [2.24, 2.45) is 0 Å². The van der Waals surface area contributed by atoms with Gasteiger partial charge in [-0.1, -0.05) is 54.1 Å². The van der Waals surface area contributed by atoms with Gasteiger partial charge in [-0.25, -0.2) is 4.98 Å². The largest absolute Gasteiger partial charge is 0.506 e. The topological polar surface area (TPSA) is 33.1 Å². The summed E-state index contributed by atoms with van der Waals surface area (Å²) in [5.74, 6) is 0.159. The van der Waals surface area contributed by atoms with Gasteiger partial charge in [0.05, 0.1) is 10.5 Å². The highest BCUT2D eigenvalue weighted by Gasteiger charge is 2.13. The molecule has 1 N–H and O–H groups in total. The van der Waals surface area contributed by atoms with E-state index in [4.69, 9.17) is 11.6 Å². The van der Waals surface area contributed by atoms with Crippen LogP contribution in [0.25, 0.3) is 32.6 Å². The Morgan fingerprint density at radius 2 is 1.60 bits per heavy atom. The summed E-state index contributed by atoms with van der Waals surface area (Å²) in [6, 6.07) is 17.3. The van der Waals surface area contributed by atoms with Crippen molar-refractivity contribution in [2.45, 2.75) is 0 Å². The molecular weight excluding hydrogens is 270 g/mol. The van der Waals surface area contributed by atoms with Gasteiger partial charge < -0.3 is 5.11 Å². The molecule has 96 valence electrons. The minimum absolute atomic E-state index is 0.159. The number of phenols is 1. The molecule has 3 heteroatoms. The zero-order chi connectivity index (χ0) is 13.7. The molecule has 2 nitrogen and oxygen atoms in total. The number of nitrogens with zero attached hydrogens (tertiary/aromatic N) is 1. The molecule has 3 aromatic carbocycles. The Balaban J connectivity index is 2.37. The highest BCUT2D eigenvalue weighted by molar-refractivity contribution is 6.42. The Kier molecular flexibility index (Phi) is 2.35. The van der Waals surface area contributed by atoms with Crippen LogP contribution in [0.5, 0.6) is 5.75 Å². The Morgan fingerprint density at radius 1 is 0.900 bits per heavy atom. The summed E-state index contributed by atoms with van der Waals surface area (Å²) in [7, 11) is 0. The summed E-state index contributed by atoms with van der Waals surface area (Å²) in [5.41, 5.74) is 1.34. The molecule has 0 saturated carbocycles. The highest BCUT2D eigenvalue weighted by atomic mass is 35.5. The summed E-state index contributed by atoms with van der Waals surface area (Å²) in [6.07, 6.45) is 0. The second kappa shape index (κ2) is 4.09. The van der Waals surface area contributed by atoms with Crippen molar-refractivity contribution in [2.75, 3.05) is 0 Å². The Bertz CT molecular complexity index is 973. The fourth-order valence-corrected chi connectivity index (χ4v) is 3.02. The van der Waals surface area contributed by atoms with Crippen LogP contribution in [-0.2, 0) is 0 Å². The van der Waals surface area contributed by atoms with E-state index in [-0.39, 0.29) is 5.75 Å². The van der Waals surface area contributed by atoms with Crippen LogP contribution >= 0.6 is 11.6 Å². The molecule has 0 atom stereocenters. The predicted octanol–water partition coefficient (Wildman–Crippen LogP) is 4.90. The van der Waals surface area contributed by atoms with Crippen LogP contribution in [-0.4, -0.2) is 10.1 Å². The molecule has 0 fully saturated rings. The molecule has 20 heavy (non-hydrogen) atoms. The number of aromatic nitrogens is 1. The molecule has 0 saturated heterocycles. The number of benzene rings is 3. The van der Waals surface area contributed by atoms with Gasteiger partial charge in [-0.15, -0.1) is 0 Å². The number of fused-ring (bicyclic) bond motifs is 4. The summed E-state index contributed by atoms with van der Waals surface area (Å²) in [4.78, 5) is 4.55. The second-order valence-corrected chi connectivity index (χ2v) is 5.16. The van der Waals surface area contributed by atoms with Crippen molar-refractivity contribution >= 4 is 44.2 Å². The lowest BCUT2D eigenvalue weighted by Crippen LogP contribution is -1.87. The zero-order valence-corrected chi connectivity index (χ0v) is 11.2. The van der Waals surface area contributed by atoms with E-state index >= 15 is 0 Å². The zero-order valence-electron chi connectivity index (χ0n) is 10.5. The summed E-state index contributed by atoms with van der Waals surface area (Å²) in [6.45, 7) is 0. The fourth-order valence-electron chi connectivity index (χ4n) is 2.67. The number of rotatable bonds is 0. The number of pyridine rings is 1. The third kappa shape index (κ3) is 1.49. The van der Waals surface area contributed by atoms with Crippen LogP contribution in [0.3, 0.4) is 0 Å². The number of aromatic hydroxyl groups is 1. The van der Waals surface area contributed by atoms with Gasteiger partial charge in [0.1, 0.15) is 11.3 Å². The van der Waals surface area contributed by atoms with E-state index in [1.165, 1.54) is 0 Å². The van der Waals surface area contributed by atoms with Crippen molar-refractivity contribution in [3.63, 3.8) is 0 Å². The van der Waals surface area contributed by atoms with Gasteiger partial charge >= 0.3 is 0 Å². The molecule has 0 aliphatic heterocycles. The second-order valence-electron chi connectivity index (χ2n) is 4.78. The van der Waals surface area contributed by atoms with Crippen molar-refractivity contribution in [1.82, 2.24) is 4.98 Å². The molecule has 0 spiro atoms. The van der Waals surface area contributed by atoms with Gasteiger partial charge in [0, 0.05) is 10.8 Å². The molecule has 0 aliphatic carbocycles. The molecule has 0 bridgehead atoms. The molecule has 1 heterocycles. The molecule has 1 aromatic heterocycles. The van der Waals surface area contributed by atoms with Crippen LogP contribution in [0, 0.1) is 0 Å². The Morgan fingerprint density at radius 3 is 2.45 bits per heavy atom. The predicted molar refractivity (Wildman–Crippen MR) is 83.4 cm³/mol. The molecule has 0 aliphatic rings. The van der Waals surface area contributed by atoms with Crippen molar-refractivity contribution in [3.8, 4) is 5.75 Å². The number of hydrogen-bond donors (Lipinski definition) is 1. The van der Waals surface area contributed by atoms with E-state index < -0.39 is 0 Å². The number of phenolic OH excluding ortho intramolecular Hbond substituents is 1. The minimum Gasteiger partial charge on any atom is -0.506 e. The molecule has 0 unspecified atom stereocenters. The average molecular weight is 280 g/mol. The first-order chi connectivity index (χ1) is 9.75. The van der Waals surface area contributed by atoms with Gasteiger partial charge in [-0.05, 0) is 22.9 Å². The molecule has 0 amide bonds. The lowest BCUT2D eigenvalue weighted by Gasteiger charge is -2.10. The van der Waals surface area contributed by atoms with Crippen LogP contribution in [0.15, 0.2) is 54.6 Å². The lowest BCUT2D eigenvalue weighted by atomic mass is 10.0. The minimum atomic E-state index is 0.159. The van der Waals surface area contributed by atoms with E-state index in [0.29, 0.717) is 10.5 Å². The van der Waals surface area contributed by atoms with E-state index in [1.807, 2.05) is 48.5 Å². The monoisotopic (exact) mass is 279 g/mol. The standard InChI is InChI=1S/C17H10ClNO/c18-16-12-7-3-4-8-13(12)19-17-14(20)9-10-5-1-2-6-11(10)15(16)17/h1-9,20H. The first kappa shape index (κ1) is 11.5.